The minimum atomic E-state index is -0.231. The molecule has 1 atom stereocenters. The Morgan fingerprint density at radius 1 is 1.09 bits per heavy atom. The zero-order chi connectivity index (χ0) is 15.9. The molecule has 2 rings (SSSR count). The van der Waals surface area contributed by atoms with Gasteiger partial charge >= 0.3 is 0 Å². The molecule has 0 saturated carbocycles. The second-order valence-corrected chi connectivity index (χ2v) is 5.77. The summed E-state index contributed by atoms with van der Waals surface area (Å²) in [6, 6.07) is 14.7. The van der Waals surface area contributed by atoms with E-state index < -0.39 is 0 Å². The van der Waals surface area contributed by atoms with Gasteiger partial charge in [0.25, 0.3) is 0 Å². The van der Waals surface area contributed by atoms with Crippen LogP contribution in [0.1, 0.15) is 37.3 Å². The quantitative estimate of drug-likeness (QED) is 0.773. The van der Waals surface area contributed by atoms with Gasteiger partial charge in [0.2, 0.25) is 0 Å². The summed E-state index contributed by atoms with van der Waals surface area (Å²) in [5.74, 6) is 0.337. The Bertz CT molecular complexity index is 608. The van der Waals surface area contributed by atoms with Gasteiger partial charge in [-0.1, -0.05) is 38.1 Å². The molecule has 0 aromatic heterocycles. The molecular formula is C18H21FN2S. The van der Waals surface area contributed by atoms with Crippen molar-refractivity contribution in [2.75, 3.05) is 5.32 Å². The van der Waals surface area contributed by atoms with E-state index >= 15 is 0 Å². The Morgan fingerprint density at radius 2 is 1.73 bits per heavy atom. The largest absolute Gasteiger partial charge is 0.358 e. The molecule has 0 spiro atoms. The highest BCUT2D eigenvalue weighted by atomic mass is 32.1. The number of halogens is 1. The Hall–Kier alpha value is -1.94. The number of thiocarbonyl (C=S) groups is 1. The van der Waals surface area contributed by atoms with Crippen molar-refractivity contribution in [3.8, 4) is 0 Å². The van der Waals surface area contributed by atoms with E-state index in [2.05, 4.69) is 36.6 Å². The predicted octanol–water partition coefficient (Wildman–Crippen LogP) is 4.83. The Balaban J connectivity index is 1.85. The van der Waals surface area contributed by atoms with E-state index in [1.807, 2.05) is 12.1 Å². The fourth-order valence-corrected chi connectivity index (χ4v) is 2.28. The molecule has 0 aliphatic heterocycles. The lowest BCUT2D eigenvalue weighted by atomic mass is 9.99. The van der Waals surface area contributed by atoms with Gasteiger partial charge in [-0.2, -0.15) is 0 Å². The van der Waals surface area contributed by atoms with E-state index in [1.54, 1.807) is 12.1 Å². The number of benzene rings is 2. The second kappa shape index (κ2) is 7.90. The van der Waals surface area contributed by atoms with Crippen molar-refractivity contribution in [1.82, 2.24) is 5.32 Å². The van der Waals surface area contributed by atoms with Crippen molar-refractivity contribution >= 4 is 23.0 Å². The lowest BCUT2D eigenvalue weighted by Crippen LogP contribution is -2.27. The van der Waals surface area contributed by atoms with Crippen LogP contribution in [-0.4, -0.2) is 5.11 Å². The van der Waals surface area contributed by atoms with Crippen LogP contribution >= 0.6 is 12.2 Å². The van der Waals surface area contributed by atoms with Crippen molar-refractivity contribution in [3.05, 3.63) is 65.5 Å². The zero-order valence-electron chi connectivity index (χ0n) is 12.9. The van der Waals surface area contributed by atoms with Gasteiger partial charge in [-0.15, -0.1) is 0 Å². The van der Waals surface area contributed by atoms with Crippen LogP contribution in [-0.2, 0) is 6.54 Å². The molecule has 0 unspecified atom stereocenters. The van der Waals surface area contributed by atoms with Crippen LogP contribution in [0.3, 0.4) is 0 Å². The fourth-order valence-electron chi connectivity index (χ4n) is 2.09. The molecule has 0 aliphatic rings. The van der Waals surface area contributed by atoms with Gasteiger partial charge in [0.1, 0.15) is 5.82 Å². The maximum Gasteiger partial charge on any atom is 0.171 e. The number of hydrogen-bond donors (Lipinski definition) is 2. The first-order valence-electron chi connectivity index (χ1n) is 7.47. The minimum absolute atomic E-state index is 0.231. The summed E-state index contributed by atoms with van der Waals surface area (Å²) in [5.41, 5.74) is 3.28. The monoisotopic (exact) mass is 316 g/mol. The first-order valence-corrected chi connectivity index (χ1v) is 7.88. The van der Waals surface area contributed by atoms with Gasteiger partial charge in [-0.05, 0) is 59.9 Å². The molecular weight excluding hydrogens is 295 g/mol. The van der Waals surface area contributed by atoms with Gasteiger partial charge in [-0.3, -0.25) is 0 Å². The molecule has 0 amide bonds. The van der Waals surface area contributed by atoms with E-state index in [-0.39, 0.29) is 5.82 Å². The van der Waals surface area contributed by atoms with Crippen LogP contribution < -0.4 is 10.6 Å². The molecule has 0 radical (unpaired) electrons. The number of nitrogens with one attached hydrogen (secondary N) is 2. The van der Waals surface area contributed by atoms with Crippen molar-refractivity contribution in [3.63, 3.8) is 0 Å². The molecule has 0 aliphatic carbocycles. The van der Waals surface area contributed by atoms with Crippen LogP contribution in [0, 0.1) is 5.82 Å². The van der Waals surface area contributed by atoms with E-state index in [9.17, 15) is 4.39 Å². The molecule has 2 nitrogen and oxygen atoms in total. The van der Waals surface area contributed by atoms with Crippen LogP contribution in [0.15, 0.2) is 48.5 Å². The summed E-state index contributed by atoms with van der Waals surface area (Å²) < 4.78 is 12.8. The third kappa shape index (κ3) is 4.81. The zero-order valence-corrected chi connectivity index (χ0v) is 13.7. The average molecular weight is 316 g/mol. The molecule has 116 valence electrons. The third-order valence-corrected chi connectivity index (χ3v) is 3.96. The molecule has 0 saturated heterocycles. The molecule has 2 aromatic rings. The Kier molecular flexibility index (Phi) is 5.90. The molecule has 0 bridgehead atoms. The van der Waals surface area contributed by atoms with Crippen molar-refractivity contribution in [1.29, 1.82) is 0 Å². The molecule has 0 fully saturated rings. The van der Waals surface area contributed by atoms with Gasteiger partial charge in [0.05, 0.1) is 0 Å². The average Bonchev–Trinajstić information content (AvgIpc) is 2.54. The van der Waals surface area contributed by atoms with E-state index in [0.29, 0.717) is 17.6 Å². The van der Waals surface area contributed by atoms with E-state index in [4.69, 9.17) is 12.2 Å². The fraction of sp³-hybridized carbons (Fsp3) is 0.278. The topological polar surface area (TPSA) is 24.1 Å². The Labute approximate surface area is 136 Å². The Morgan fingerprint density at radius 3 is 2.32 bits per heavy atom. The van der Waals surface area contributed by atoms with Crippen LogP contribution in [0.5, 0.6) is 0 Å². The minimum Gasteiger partial charge on any atom is -0.358 e. The molecule has 0 heterocycles. The summed E-state index contributed by atoms with van der Waals surface area (Å²) in [5, 5.41) is 6.82. The van der Waals surface area contributed by atoms with Crippen molar-refractivity contribution in [2.45, 2.75) is 32.7 Å². The van der Waals surface area contributed by atoms with Crippen LogP contribution in [0.2, 0.25) is 0 Å². The summed E-state index contributed by atoms with van der Waals surface area (Å²) >= 11 is 5.27. The van der Waals surface area contributed by atoms with E-state index in [1.165, 1.54) is 17.7 Å². The van der Waals surface area contributed by atoms with Crippen molar-refractivity contribution < 1.29 is 4.39 Å². The first kappa shape index (κ1) is 16.4. The third-order valence-electron chi connectivity index (χ3n) is 3.72. The van der Waals surface area contributed by atoms with Gasteiger partial charge in [0.15, 0.2) is 5.11 Å². The summed E-state index contributed by atoms with van der Waals surface area (Å²) in [7, 11) is 0. The molecule has 4 heteroatoms. The smallest absolute Gasteiger partial charge is 0.171 e. The number of rotatable bonds is 5. The maximum atomic E-state index is 12.8. The highest BCUT2D eigenvalue weighted by Crippen LogP contribution is 2.20. The lowest BCUT2D eigenvalue weighted by molar-refractivity contribution is 0.627. The lowest BCUT2D eigenvalue weighted by Gasteiger charge is -2.13. The van der Waals surface area contributed by atoms with Gasteiger partial charge in [-0.25, -0.2) is 4.39 Å². The van der Waals surface area contributed by atoms with Crippen LogP contribution in [0.25, 0.3) is 0 Å². The van der Waals surface area contributed by atoms with E-state index in [0.717, 1.165) is 17.7 Å². The standard InChI is InChI=1S/C18H21FN2S/c1-3-13(2)15-6-10-17(11-7-15)21-18(22)20-12-14-4-8-16(19)9-5-14/h4-11,13H,3,12H2,1-2H3,(H2,20,21,22)/t13-/m0/s1. The normalized spacial score (nSPS) is 11.8. The summed E-state index contributed by atoms with van der Waals surface area (Å²) in [6.45, 7) is 4.97. The number of hydrogen-bond acceptors (Lipinski definition) is 1. The maximum absolute atomic E-state index is 12.8. The number of anilines is 1. The highest BCUT2D eigenvalue weighted by Gasteiger charge is 2.03. The summed E-state index contributed by atoms with van der Waals surface area (Å²) in [4.78, 5) is 0. The van der Waals surface area contributed by atoms with Gasteiger partial charge < -0.3 is 10.6 Å². The van der Waals surface area contributed by atoms with Crippen molar-refractivity contribution in [2.24, 2.45) is 0 Å². The molecule has 2 N–H and O–H groups in total. The summed E-state index contributed by atoms with van der Waals surface area (Å²) in [6.07, 6.45) is 1.13. The SMILES string of the molecule is CC[C@H](C)c1ccc(NC(=S)NCc2ccc(F)cc2)cc1. The highest BCUT2D eigenvalue weighted by molar-refractivity contribution is 7.80. The van der Waals surface area contributed by atoms with Gasteiger partial charge in [0, 0.05) is 12.2 Å². The molecule has 2 aromatic carbocycles. The van der Waals surface area contributed by atoms with Crippen LogP contribution in [0.4, 0.5) is 10.1 Å². The first-order chi connectivity index (χ1) is 10.6. The second-order valence-electron chi connectivity index (χ2n) is 5.37. The molecule has 22 heavy (non-hydrogen) atoms. The predicted molar refractivity (Wildman–Crippen MR) is 94.6 cm³/mol.